The molecule has 0 aliphatic rings. The van der Waals surface area contributed by atoms with Gasteiger partial charge in [-0.25, -0.2) is 0 Å². The second kappa shape index (κ2) is 6.94. The smallest absolute Gasteiger partial charge is 0.181 e. The van der Waals surface area contributed by atoms with Crippen molar-refractivity contribution in [2.24, 2.45) is 5.73 Å². The largest absolute Gasteiger partial charge is 0.361 e. The molecule has 0 saturated heterocycles. The molecule has 0 aliphatic heterocycles. The van der Waals surface area contributed by atoms with Crippen molar-refractivity contribution in [2.75, 3.05) is 26.2 Å². The number of hydrogen-bond donors (Lipinski definition) is 3. The van der Waals surface area contributed by atoms with Crippen LogP contribution < -0.4 is 16.3 Å². The minimum absolute atomic E-state index is 0.726. The van der Waals surface area contributed by atoms with Gasteiger partial charge >= 0.3 is 0 Å². The SMILES string of the molecule is BNCCNCCN. The fourth-order valence-electron chi connectivity index (χ4n) is 0.440. The van der Waals surface area contributed by atoms with Crippen molar-refractivity contribution in [3.63, 3.8) is 0 Å². The maximum absolute atomic E-state index is 5.23. The molecule has 0 amide bonds. The fourth-order valence-corrected chi connectivity index (χ4v) is 0.440. The van der Waals surface area contributed by atoms with Crippen LogP contribution in [0.15, 0.2) is 0 Å². The number of hydrogen-bond acceptors (Lipinski definition) is 3. The van der Waals surface area contributed by atoms with E-state index in [0.29, 0.717) is 0 Å². The van der Waals surface area contributed by atoms with E-state index in [1.807, 2.05) is 7.98 Å². The lowest BCUT2D eigenvalue weighted by Crippen LogP contribution is -2.29. The van der Waals surface area contributed by atoms with Crippen LogP contribution >= 0.6 is 0 Å². The average Bonchev–Trinajstić information content (AvgIpc) is 1.81. The van der Waals surface area contributed by atoms with E-state index in [4.69, 9.17) is 5.73 Å². The molecular formula is C4H14BN3. The number of nitrogens with two attached hydrogens (primary N) is 1. The monoisotopic (exact) mass is 115 g/mol. The van der Waals surface area contributed by atoms with E-state index >= 15 is 0 Å². The minimum atomic E-state index is 0.726. The van der Waals surface area contributed by atoms with Crippen molar-refractivity contribution in [3.8, 4) is 0 Å². The molecule has 0 aromatic heterocycles. The molecule has 0 aliphatic carbocycles. The Morgan fingerprint density at radius 2 is 2.00 bits per heavy atom. The summed E-state index contributed by atoms with van der Waals surface area (Å²) in [6.45, 7) is 3.67. The molecule has 0 aromatic carbocycles. The predicted octanol–water partition coefficient (Wildman–Crippen LogP) is -2.33. The molecule has 0 heterocycles. The summed E-state index contributed by atoms with van der Waals surface area (Å²) in [5.41, 5.74) is 5.23. The Kier molecular flexibility index (Phi) is 6.90. The molecule has 3 nitrogen and oxygen atoms in total. The van der Waals surface area contributed by atoms with Gasteiger partial charge in [0.2, 0.25) is 0 Å². The van der Waals surface area contributed by atoms with Gasteiger partial charge in [-0.15, -0.1) is 0 Å². The van der Waals surface area contributed by atoms with E-state index in [1.54, 1.807) is 0 Å². The van der Waals surface area contributed by atoms with Crippen molar-refractivity contribution in [2.45, 2.75) is 0 Å². The first-order valence-electron chi connectivity index (χ1n) is 2.97. The Morgan fingerprint density at radius 3 is 2.50 bits per heavy atom. The normalized spacial score (nSPS) is 9.62. The Balaban J connectivity index is 2.53. The molecule has 0 fully saturated rings. The van der Waals surface area contributed by atoms with Crippen LogP contribution in [-0.4, -0.2) is 34.2 Å². The number of rotatable bonds is 5. The molecule has 0 radical (unpaired) electrons. The molecule has 0 rings (SSSR count). The summed E-state index contributed by atoms with van der Waals surface area (Å²) < 4.78 is 0. The van der Waals surface area contributed by atoms with Gasteiger partial charge in [0.15, 0.2) is 7.98 Å². The van der Waals surface area contributed by atoms with Crippen LogP contribution in [0.5, 0.6) is 0 Å². The quantitative estimate of drug-likeness (QED) is 0.278. The second-order valence-electron chi connectivity index (χ2n) is 1.64. The van der Waals surface area contributed by atoms with Crippen LogP contribution in [0, 0.1) is 0 Å². The van der Waals surface area contributed by atoms with Gasteiger partial charge in [-0.1, -0.05) is 0 Å². The highest BCUT2D eigenvalue weighted by molar-refractivity contribution is 6.04. The summed E-state index contributed by atoms with van der Waals surface area (Å²) >= 11 is 0. The second-order valence-corrected chi connectivity index (χ2v) is 1.64. The van der Waals surface area contributed by atoms with Crippen molar-refractivity contribution >= 4 is 7.98 Å². The first-order valence-corrected chi connectivity index (χ1v) is 2.97. The van der Waals surface area contributed by atoms with Crippen molar-refractivity contribution < 1.29 is 0 Å². The van der Waals surface area contributed by atoms with Crippen LogP contribution in [0.3, 0.4) is 0 Å². The lowest BCUT2D eigenvalue weighted by Gasteiger charge is -1.99. The van der Waals surface area contributed by atoms with Crippen LogP contribution in [0.1, 0.15) is 0 Å². The summed E-state index contributed by atoms with van der Waals surface area (Å²) in [7, 11) is 1.93. The van der Waals surface area contributed by atoms with Crippen molar-refractivity contribution in [3.05, 3.63) is 0 Å². The summed E-state index contributed by atoms with van der Waals surface area (Å²) in [6.07, 6.45) is 0. The van der Waals surface area contributed by atoms with Crippen LogP contribution in [0.25, 0.3) is 0 Å². The van der Waals surface area contributed by atoms with E-state index in [-0.39, 0.29) is 0 Å². The van der Waals surface area contributed by atoms with Gasteiger partial charge in [0.05, 0.1) is 0 Å². The topological polar surface area (TPSA) is 50.1 Å². The molecule has 0 saturated carbocycles. The van der Waals surface area contributed by atoms with E-state index in [0.717, 1.165) is 26.2 Å². The molecule has 0 atom stereocenters. The molecule has 0 unspecified atom stereocenters. The van der Waals surface area contributed by atoms with Crippen molar-refractivity contribution in [1.82, 2.24) is 10.5 Å². The van der Waals surface area contributed by atoms with Crippen LogP contribution in [0.4, 0.5) is 0 Å². The lowest BCUT2D eigenvalue weighted by molar-refractivity contribution is 0.681. The van der Waals surface area contributed by atoms with Gasteiger partial charge in [-0.3, -0.25) is 0 Å². The molecule has 0 aromatic rings. The molecule has 4 heteroatoms. The Bertz CT molecular complexity index is 36.3. The average molecular weight is 115 g/mol. The Labute approximate surface area is 51.4 Å². The highest BCUT2D eigenvalue weighted by Gasteiger charge is 1.79. The third-order valence-corrected chi connectivity index (χ3v) is 0.873. The molecular weight excluding hydrogens is 101 g/mol. The van der Waals surface area contributed by atoms with Gasteiger partial charge in [-0.05, 0) is 6.54 Å². The molecule has 8 heavy (non-hydrogen) atoms. The maximum atomic E-state index is 5.23. The Morgan fingerprint density at radius 1 is 1.25 bits per heavy atom. The standard InChI is InChI=1S/C4H14BN3/c5-8-4-3-7-2-1-6/h7-8H,1-6H2. The maximum Gasteiger partial charge on any atom is 0.181 e. The number of nitrogens with one attached hydrogen (secondary N) is 2. The van der Waals surface area contributed by atoms with E-state index < -0.39 is 0 Å². The van der Waals surface area contributed by atoms with E-state index in [2.05, 4.69) is 10.5 Å². The van der Waals surface area contributed by atoms with Gasteiger partial charge < -0.3 is 16.3 Å². The zero-order valence-corrected chi connectivity index (χ0v) is 5.41. The molecule has 0 spiro atoms. The fraction of sp³-hybridized carbons (Fsp3) is 1.00. The highest BCUT2D eigenvalue weighted by Crippen LogP contribution is 1.52. The van der Waals surface area contributed by atoms with E-state index in [1.165, 1.54) is 0 Å². The first-order chi connectivity index (χ1) is 3.91. The van der Waals surface area contributed by atoms with Crippen LogP contribution in [0.2, 0.25) is 0 Å². The highest BCUT2D eigenvalue weighted by atomic mass is 14.9. The first kappa shape index (κ1) is 7.94. The van der Waals surface area contributed by atoms with Gasteiger partial charge in [0.1, 0.15) is 0 Å². The summed E-state index contributed by atoms with van der Waals surface area (Å²) in [4.78, 5) is 0. The zero-order chi connectivity index (χ0) is 6.24. The predicted molar refractivity (Wildman–Crippen MR) is 38.5 cm³/mol. The lowest BCUT2D eigenvalue weighted by atomic mass is 10.4. The molecule has 0 bridgehead atoms. The third kappa shape index (κ3) is 5.94. The van der Waals surface area contributed by atoms with Crippen molar-refractivity contribution in [1.29, 1.82) is 0 Å². The zero-order valence-electron chi connectivity index (χ0n) is 5.41. The van der Waals surface area contributed by atoms with Gasteiger partial charge in [0.25, 0.3) is 0 Å². The summed E-state index contributed by atoms with van der Waals surface area (Å²) in [5, 5.41) is 6.17. The summed E-state index contributed by atoms with van der Waals surface area (Å²) in [6, 6.07) is 0. The summed E-state index contributed by atoms with van der Waals surface area (Å²) in [5.74, 6) is 0. The molecule has 48 valence electrons. The molecule has 4 N–H and O–H groups in total. The van der Waals surface area contributed by atoms with E-state index in [9.17, 15) is 0 Å². The van der Waals surface area contributed by atoms with Gasteiger partial charge in [0, 0.05) is 19.6 Å². The minimum Gasteiger partial charge on any atom is -0.361 e. The Hall–Kier alpha value is -0.0551. The van der Waals surface area contributed by atoms with Crippen LogP contribution in [-0.2, 0) is 0 Å². The van der Waals surface area contributed by atoms with Gasteiger partial charge in [-0.2, -0.15) is 0 Å². The third-order valence-electron chi connectivity index (χ3n) is 0.873.